The molecule has 3 amide bonds. The van der Waals surface area contributed by atoms with Crippen LogP contribution in [0.2, 0.25) is 0 Å². The molecule has 2 rings (SSSR count). The van der Waals surface area contributed by atoms with E-state index in [4.69, 9.17) is 5.73 Å². The molecule has 1 aliphatic rings. The number of ketones is 1. The van der Waals surface area contributed by atoms with Crippen LogP contribution in [0.1, 0.15) is 5.56 Å². The molecule has 0 aliphatic carbocycles. The number of amides is 3. The second-order valence-corrected chi connectivity index (χ2v) is 4.09. The predicted octanol–water partition coefficient (Wildman–Crippen LogP) is -0.667. The number of rotatable bonds is 4. The van der Waals surface area contributed by atoms with Crippen molar-refractivity contribution >= 4 is 17.7 Å². The minimum absolute atomic E-state index is 0.333. The number of hydrogen-bond donors (Lipinski definition) is 3. The summed E-state index contributed by atoms with van der Waals surface area (Å²) < 4.78 is 0. The van der Waals surface area contributed by atoms with Crippen molar-refractivity contribution in [2.24, 2.45) is 5.73 Å². The molecule has 1 aromatic rings. The standard InChI is InChI=1S/C12H13N3O3/c13-8(6-7-4-2-1-3-5-7)10(16)9-11(17)15-12(18)14-9/h1-5,8-9H,6,13H2,(H2,14,15,17,18)/t8-,9?/m0/s1. The molecule has 0 radical (unpaired) electrons. The van der Waals surface area contributed by atoms with Crippen LogP contribution < -0.4 is 16.4 Å². The summed E-state index contributed by atoms with van der Waals surface area (Å²) in [5.74, 6) is -1.13. The maximum Gasteiger partial charge on any atom is 0.322 e. The minimum Gasteiger partial charge on any atom is -0.321 e. The Bertz CT molecular complexity index is 487. The monoisotopic (exact) mass is 247 g/mol. The van der Waals surface area contributed by atoms with Crippen LogP contribution in [-0.4, -0.2) is 29.8 Å². The fourth-order valence-corrected chi connectivity index (χ4v) is 1.80. The smallest absolute Gasteiger partial charge is 0.321 e. The summed E-state index contributed by atoms with van der Waals surface area (Å²) in [7, 11) is 0. The van der Waals surface area contributed by atoms with E-state index in [1.165, 1.54) is 0 Å². The highest BCUT2D eigenvalue weighted by Crippen LogP contribution is 2.05. The lowest BCUT2D eigenvalue weighted by molar-refractivity contribution is -0.129. The number of nitrogens with two attached hydrogens (primary N) is 1. The maximum absolute atomic E-state index is 11.9. The van der Waals surface area contributed by atoms with Gasteiger partial charge in [0.15, 0.2) is 11.8 Å². The zero-order valence-corrected chi connectivity index (χ0v) is 9.55. The molecule has 1 fully saturated rings. The van der Waals surface area contributed by atoms with Crippen LogP contribution in [0.5, 0.6) is 0 Å². The topological polar surface area (TPSA) is 101 Å². The fraction of sp³-hybridized carbons (Fsp3) is 0.250. The summed E-state index contributed by atoms with van der Waals surface area (Å²) >= 11 is 0. The van der Waals surface area contributed by atoms with Crippen molar-refractivity contribution in [1.29, 1.82) is 0 Å². The zero-order chi connectivity index (χ0) is 13.1. The van der Waals surface area contributed by atoms with Crippen LogP contribution in [0.4, 0.5) is 4.79 Å². The SMILES string of the molecule is N[C@@H](Cc1ccccc1)C(=O)C1NC(=O)NC1=O. The summed E-state index contributed by atoms with van der Waals surface area (Å²) in [6.07, 6.45) is 0.333. The average molecular weight is 247 g/mol. The molecule has 1 unspecified atom stereocenters. The third kappa shape index (κ3) is 2.54. The van der Waals surface area contributed by atoms with Gasteiger partial charge in [0.1, 0.15) is 0 Å². The van der Waals surface area contributed by atoms with Crippen molar-refractivity contribution in [3.8, 4) is 0 Å². The lowest BCUT2D eigenvalue weighted by Gasteiger charge is -2.13. The first-order valence-corrected chi connectivity index (χ1v) is 5.52. The highest BCUT2D eigenvalue weighted by atomic mass is 16.2. The van der Waals surface area contributed by atoms with Crippen LogP contribution in [-0.2, 0) is 16.0 Å². The number of urea groups is 1. The van der Waals surface area contributed by atoms with Crippen molar-refractivity contribution in [3.63, 3.8) is 0 Å². The Morgan fingerprint density at radius 3 is 2.50 bits per heavy atom. The molecule has 0 saturated carbocycles. The molecule has 0 bridgehead atoms. The lowest BCUT2D eigenvalue weighted by Crippen LogP contribution is -2.47. The van der Waals surface area contributed by atoms with Gasteiger partial charge in [0, 0.05) is 0 Å². The van der Waals surface area contributed by atoms with E-state index in [2.05, 4.69) is 5.32 Å². The van der Waals surface area contributed by atoms with Gasteiger partial charge >= 0.3 is 6.03 Å². The number of carbonyl (C=O) groups excluding carboxylic acids is 3. The van der Waals surface area contributed by atoms with Crippen LogP contribution in [0.3, 0.4) is 0 Å². The molecule has 18 heavy (non-hydrogen) atoms. The maximum atomic E-state index is 11.9. The third-order valence-electron chi connectivity index (χ3n) is 2.72. The molecule has 0 aromatic heterocycles. The second kappa shape index (κ2) is 4.97. The first kappa shape index (κ1) is 12.3. The van der Waals surface area contributed by atoms with Crippen molar-refractivity contribution < 1.29 is 14.4 Å². The quantitative estimate of drug-likeness (QED) is 0.485. The second-order valence-electron chi connectivity index (χ2n) is 4.09. The molecular weight excluding hydrogens is 234 g/mol. The molecule has 2 atom stereocenters. The summed E-state index contributed by atoms with van der Waals surface area (Å²) in [4.78, 5) is 34.1. The number of benzene rings is 1. The Balaban J connectivity index is 2.01. The minimum atomic E-state index is -1.17. The molecule has 0 spiro atoms. The number of carbonyl (C=O) groups is 3. The zero-order valence-electron chi connectivity index (χ0n) is 9.55. The highest BCUT2D eigenvalue weighted by Gasteiger charge is 2.37. The van der Waals surface area contributed by atoms with Gasteiger partial charge in [-0.1, -0.05) is 30.3 Å². The van der Waals surface area contributed by atoms with Gasteiger partial charge < -0.3 is 11.1 Å². The van der Waals surface area contributed by atoms with E-state index in [0.717, 1.165) is 5.56 Å². The molecule has 6 heteroatoms. The third-order valence-corrected chi connectivity index (χ3v) is 2.72. The number of nitrogens with one attached hydrogen (secondary N) is 2. The van der Waals surface area contributed by atoms with Crippen molar-refractivity contribution in [2.45, 2.75) is 18.5 Å². The number of Topliss-reactive ketones (excluding diaryl/α,β-unsaturated/α-hetero) is 1. The summed E-state index contributed by atoms with van der Waals surface area (Å²) in [5.41, 5.74) is 6.66. The Labute approximate surface area is 104 Å². The van der Waals surface area contributed by atoms with Gasteiger partial charge in [-0.25, -0.2) is 4.79 Å². The molecule has 94 valence electrons. The van der Waals surface area contributed by atoms with Crippen LogP contribution in [0.15, 0.2) is 30.3 Å². The Morgan fingerprint density at radius 2 is 1.94 bits per heavy atom. The lowest BCUT2D eigenvalue weighted by atomic mass is 9.99. The molecule has 1 aliphatic heterocycles. The average Bonchev–Trinajstić information content (AvgIpc) is 2.68. The Hall–Kier alpha value is -2.21. The van der Waals surface area contributed by atoms with E-state index in [1.54, 1.807) is 0 Å². The van der Waals surface area contributed by atoms with Gasteiger partial charge in [-0.15, -0.1) is 0 Å². The normalized spacial score (nSPS) is 20.2. The highest BCUT2D eigenvalue weighted by molar-refractivity contribution is 6.17. The van der Waals surface area contributed by atoms with Gasteiger partial charge in [0.2, 0.25) is 0 Å². The van der Waals surface area contributed by atoms with Gasteiger partial charge in [-0.05, 0) is 12.0 Å². The largest absolute Gasteiger partial charge is 0.322 e. The van der Waals surface area contributed by atoms with Gasteiger partial charge in [-0.2, -0.15) is 0 Å². The molecule has 1 saturated heterocycles. The molecule has 1 aromatic carbocycles. The van der Waals surface area contributed by atoms with Crippen molar-refractivity contribution in [2.75, 3.05) is 0 Å². The summed E-state index contributed by atoms with van der Waals surface area (Å²) in [5, 5.41) is 4.24. The van der Waals surface area contributed by atoms with Gasteiger partial charge in [-0.3, -0.25) is 14.9 Å². The van der Waals surface area contributed by atoms with E-state index >= 15 is 0 Å². The Morgan fingerprint density at radius 1 is 1.28 bits per heavy atom. The van der Waals surface area contributed by atoms with Crippen molar-refractivity contribution in [1.82, 2.24) is 10.6 Å². The van der Waals surface area contributed by atoms with Crippen LogP contribution >= 0.6 is 0 Å². The molecular formula is C12H13N3O3. The Kier molecular flexibility index (Phi) is 3.38. The van der Waals surface area contributed by atoms with E-state index in [0.29, 0.717) is 6.42 Å². The number of imide groups is 1. The van der Waals surface area contributed by atoms with E-state index in [-0.39, 0.29) is 0 Å². The summed E-state index contributed by atoms with van der Waals surface area (Å²) in [6.45, 7) is 0. The first-order valence-electron chi connectivity index (χ1n) is 5.52. The molecule has 4 N–H and O–H groups in total. The molecule has 6 nitrogen and oxygen atoms in total. The molecule has 1 heterocycles. The number of hydrogen-bond acceptors (Lipinski definition) is 4. The first-order chi connectivity index (χ1) is 8.58. The predicted molar refractivity (Wildman–Crippen MR) is 63.6 cm³/mol. The van der Waals surface area contributed by atoms with Crippen LogP contribution in [0.25, 0.3) is 0 Å². The van der Waals surface area contributed by atoms with E-state index in [1.807, 2.05) is 35.6 Å². The van der Waals surface area contributed by atoms with Gasteiger partial charge in [0.05, 0.1) is 6.04 Å². The van der Waals surface area contributed by atoms with Gasteiger partial charge in [0.25, 0.3) is 5.91 Å². The van der Waals surface area contributed by atoms with E-state index in [9.17, 15) is 14.4 Å². The fourth-order valence-electron chi connectivity index (χ4n) is 1.80. The van der Waals surface area contributed by atoms with Crippen LogP contribution in [0, 0.1) is 0 Å². The summed E-state index contributed by atoms with van der Waals surface area (Å²) in [6, 6.07) is 6.60. The van der Waals surface area contributed by atoms with E-state index < -0.39 is 29.8 Å². The van der Waals surface area contributed by atoms with Crippen molar-refractivity contribution in [3.05, 3.63) is 35.9 Å².